The predicted octanol–water partition coefficient (Wildman–Crippen LogP) is 1.77. The molecule has 0 atom stereocenters. The number of carbonyl (C=O) groups is 1. The Morgan fingerprint density at radius 3 is 2.87 bits per heavy atom. The predicted molar refractivity (Wildman–Crippen MR) is 86.8 cm³/mol. The molecule has 1 fully saturated rings. The van der Waals surface area contributed by atoms with E-state index in [0.717, 1.165) is 42.9 Å². The minimum absolute atomic E-state index is 0.251. The molecule has 2 N–H and O–H groups in total. The van der Waals surface area contributed by atoms with Crippen molar-refractivity contribution in [2.75, 3.05) is 25.5 Å². The third-order valence-electron chi connectivity index (χ3n) is 4.11. The fourth-order valence-electron chi connectivity index (χ4n) is 2.72. The number of hydrogen-bond acceptors (Lipinski definition) is 5. The van der Waals surface area contributed by atoms with Gasteiger partial charge in [-0.1, -0.05) is 5.21 Å². The van der Waals surface area contributed by atoms with E-state index in [-0.39, 0.29) is 5.91 Å². The van der Waals surface area contributed by atoms with Crippen molar-refractivity contribution in [2.24, 2.45) is 0 Å². The Morgan fingerprint density at radius 2 is 2.17 bits per heavy atom. The van der Waals surface area contributed by atoms with Crippen LogP contribution in [0.3, 0.4) is 0 Å². The average Bonchev–Trinajstić information content (AvgIpc) is 3.07. The number of hydrogen-bond donors (Lipinski definition) is 2. The first kappa shape index (κ1) is 15.5. The van der Waals surface area contributed by atoms with Gasteiger partial charge in [0.1, 0.15) is 5.75 Å². The highest BCUT2D eigenvalue weighted by Crippen LogP contribution is 2.22. The van der Waals surface area contributed by atoms with E-state index in [0.29, 0.717) is 11.7 Å². The molecular weight excluding hydrogens is 294 g/mol. The van der Waals surface area contributed by atoms with Crippen LogP contribution in [0.2, 0.25) is 0 Å². The molecule has 1 aromatic carbocycles. The molecule has 2 heterocycles. The summed E-state index contributed by atoms with van der Waals surface area (Å²) in [5.74, 6) is 0.510. The van der Waals surface area contributed by atoms with Crippen LogP contribution in [0.4, 0.5) is 5.69 Å². The molecule has 1 saturated heterocycles. The number of methoxy groups -OCH3 is 1. The Balaban J connectivity index is 1.70. The van der Waals surface area contributed by atoms with Crippen molar-refractivity contribution in [1.82, 2.24) is 20.3 Å². The SMILES string of the molecule is COc1ccc(NC(=O)c2cn(C3CCNCC3)nn2)c(C)c1. The highest BCUT2D eigenvalue weighted by molar-refractivity contribution is 6.03. The molecule has 0 spiro atoms. The van der Waals surface area contributed by atoms with Gasteiger partial charge in [0.25, 0.3) is 5.91 Å². The summed E-state index contributed by atoms with van der Waals surface area (Å²) in [6, 6.07) is 5.83. The maximum atomic E-state index is 12.3. The molecule has 0 saturated carbocycles. The molecule has 23 heavy (non-hydrogen) atoms. The number of aryl methyl sites for hydroxylation is 1. The van der Waals surface area contributed by atoms with Crippen LogP contribution in [0.5, 0.6) is 5.75 Å². The molecule has 1 amide bonds. The Labute approximate surface area is 135 Å². The summed E-state index contributed by atoms with van der Waals surface area (Å²) in [6.45, 7) is 3.86. The number of rotatable bonds is 4. The van der Waals surface area contributed by atoms with Gasteiger partial charge in [0.2, 0.25) is 0 Å². The van der Waals surface area contributed by atoms with Gasteiger partial charge in [0.05, 0.1) is 19.3 Å². The van der Waals surface area contributed by atoms with Crippen LogP contribution in [0.15, 0.2) is 24.4 Å². The number of aromatic nitrogens is 3. The van der Waals surface area contributed by atoms with Crippen LogP contribution < -0.4 is 15.4 Å². The fourth-order valence-corrected chi connectivity index (χ4v) is 2.72. The van der Waals surface area contributed by atoms with E-state index in [4.69, 9.17) is 4.74 Å². The Kier molecular flexibility index (Phi) is 4.57. The van der Waals surface area contributed by atoms with E-state index in [1.54, 1.807) is 18.0 Å². The molecule has 1 aliphatic heterocycles. The second kappa shape index (κ2) is 6.78. The van der Waals surface area contributed by atoms with Gasteiger partial charge >= 0.3 is 0 Å². The molecule has 7 nitrogen and oxygen atoms in total. The number of amides is 1. The third kappa shape index (κ3) is 3.50. The van der Waals surface area contributed by atoms with Crippen molar-refractivity contribution in [3.63, 3.8) is 0 Å². The molecule has 0 radical (unpaired) electrons. The van der Waals surface area contributed by atoms with Crippen LogP contribution in [0.1, 0.15) is 34.9 Å². The van der Waals surface area contributed by atoms with Crippen LogP contribution in [0, 0.1) is 6.92 Å². The molecule has 1 aromatic heterocycles. The average molecular weight is 315 g/mol. The van der Waals surface area contributed by atoms with E-state index in [1.165, 1.54) is 0 Å². The van der Waals surface area contributed by atoms with Gasteiger partial charge < -0.3 is 15.4 Å². The summed E-state index contributed by atoms with van der Waals surface area (Å²) in [5.41, 5.74) is 2.01. The number of nitrogens with one attached hydrogen (secondary N) is 2. The zero-order valence-corrected chi connectivity index (χ0v) is 13.4. The van der Waals surface area contributed by atoms with E-state index < -0.39 is 0 Å². The standard InChI is InChI=1S/C16H21N5O2/c1-11-9-13(23-2)3-4-14(11)18-16(22)15-10-21(20-19-15)12-5-7-17-8-6-12/h3-4,9-10,12,17H,5-8H2,1-2H3,(H,18,22). The van der Waals surface area contributed by atoms with E-state index in [9.17, 15) is 4.79 Å². The molecule has 122 valence electrons. The normalized spacial score (nSPS) is 15.4. The van der Waals surface area contributed by atoms with Crippen molar-refractivity contribution in [3.05, 3.63) is 35.7 Å². The van der Waals surface area contributed by atoms with Gasteiger partial charge in [-0.25, -0.2) is 4.68 Å². The zero-order chi connectivity index (χ0) is 16.2. The van der Waals surface area contributed by atoms with E-state index in [2.05, 4.69) is 20.9 Å². The molecule has 0 bridgehead atoms. The highest BCUT2D eigenvalue weighted by atomic mass is 16.5. The molecule has 1 aliphatic rings. The number of ether oxygens (including phenoxy) is 1. The number of carbonyl (C=O) groups excluding carboxylic acids is 1. The van der Waals surface area contributed by atoms with Gasteiger partial charge in [-0.05, 0) is 56.6 Å². The number of anilines is 1. The van der Waals surface area contributed by atoms with Crippen LogP contribution in [-0.4, -0.2) is 41.1 Å². The lowest BCUT2D eigenvalue weighted by atomic mass is 10.1. The van der Waals surface area contributed by atoms with Gasteiger partial charge in [-0.3, -0.25) is 4.79 Å². The van der Waals surface area contributed by atoms with Crippen molar-refractivity contribution in [1.29, 1.82) is 0 Å². The monoisotopic (exact) mass is 315 g/mol. The number of benzene rings is 1. The highest BCUT2D eigenvalue weighted by Gasteiger charge is 2.19. The van der Waals surface area contributed by atoms with Crippen molar-refractivity contribution < 1.29 is 9.53 Å². The topological polar surface area (TPSA) is 81.1 Å². The Hall–Kier alpha value is -2.41. The number of piperidine rings is 1. The summed E-state index contributed by atoms with van der Waals surface area (Å²) >= 11 is 0. The minimum Gasteiger partial charge on any atom is -0.497 e. The summed E-state index contributed by atoms with van der Waals surface area (Å²) in [6.07, 6.45) is 3.73. The lowest BCUT2D eigenvalue weighted by Gasteiger charge is -2.22. The summed E-state index contributed by atoms with van der Waals surface area (Å²) < 4.78 is 6.97. The summed E-state index contributed by atoms with van der Waals surface area (Å²) in [5, 5.41) is 14.3. The van der Waals surface area contributed by atoms with Gasteiger partial charge in [-0.15, -0.1) is 5.10 Å². The van der Waals surface area contributed by atoms with Crippen LogP contribution >= 0.6 is 0 Å². The quantitative estimate of drug-likeness (QED) is 0.899. The fraction of sp³-hybridized carbons (Fsp3) is 0.438. The van der Waals surface area contributed by atoms with Crippen LogP contribution in [-0.2, 0) is 0 Å². The van der Waals surface area contributed by atoms with Crippen LogP contribution in [0.25, 0.3) is 0 Å². The van der Waals surface area contributed by atoms with Crippen molar-refractivity contribution in [3.8, 4) is 5.75 Å². The second-order valence-electron chi connectivity index (χ2n) is 5.70. The van der Waals surface area contributed by atoms with E-state index >= 15 is 0 Å². The first-order chi connectivity index (χ1) is 11.2. The van der Waals surface area contributed by atoms with E-state index in [1.807, 2.05) is 25.1 Å². The third-order valence-corrected chi connectivity index (χ3v) is 4.11. The first-order valence-electron chi connectivity index (χ1n) is 7.76. The first-order valence-corrected chi connectivity index (χ1v) is 7.76. The van der Waals surface area contributed by atoms with Crippen molar-refractivity contribution >= 4 is 11.6 Å². The summed E-state index contributed by atoms with van der Waals surface area (Å²) in [4.78, 5) is 12.3. The largest absolute Gasteiger partial charge is 0.497 e. The molecule has 7 heteroatoms. The number of nitrogens with zero attached hydrogens (tertiary/aromatic N) is 3. The smallest absolute Gasteiger partial charge is 0.277 e. The van der Waals surface area contributed by atoms with Gasteiger partial charge in [0.15, 0.2) is 5.69 Å². The maximum absolute atomic E-state index is 12.3. The second-order valence-corrected chi connectivity index (χ2v) is 5.70. The minimum atomic E-state index is -0.251. The zero-order valence-electron chi connectivity index (χ0n) is 13.4. The van der Waals surface area contributed by atoms with Gasteiger partial charge in [0, 0.05) is 5.69 Å². The maximum Gasteiger partial charge on any atom is 0.277 e. The molecular formula is C16H21N5O2. The molecule has 2 aromatic rings. The molecule has 0 unspecified atom stereocenters. The lowest BCUT2D eigenvalue weighted by Crippen LogP contribution is -2.29. The molecule has 0 aliphatic carbocycles. The van der Waals surface area contributed by atoms with Gasteiger partial charge in [-0.2, -0.15) is 0 Å². The Bertz CT molecular complexity index is 692. The van der Waals surface area contributed by atoms with Crippen molar-refractivity contribution in [2.45, 2.75) is 25.8 Å². The summed E-state index contributed by atoms with van der Waals surface area (Å²) in [7, 11) is 1.62. The molecule has 3 rings (SSSR count). The lowest BCUT2D eigenvalue weighted by molar-refractivity contribution is 0.102. The Morgan fingerprint density at radius 1 is 1.39 bits per heavy atom.